The van der Waals surface area contributed by atoms with Crippen molar-refractivity contribution in [1.82, 2.24) is 10.6 Å². The monoisotopic (exact) mass is 322 g/mol. The topological polar surface area (TPSA) is 75.3 Å². The Balaban J connectivity index is 1.93. The average Bonchev–Trinajstić information content (AvgIpc) is 3.04. The number of carbonyl (C=O) groups excluding carboxylic acids is 3. The molecule has 0 spiro atoms. The fourth-order valence-electron chi connectivity index (χ4n) is 3.71. The standard InChI is InChI=1S/C18H30N2O3/c1-17(2,3)15(22)12-7-6-11(19-12)10-18(4,5)16(23)13-8-9-14(21)20-13/h11-13,19H,6-10H2,1-5H3,(H,20,21)/t11?,12-,13-/m0/s1. The molecule has 130 valence electrons. The van der Waals surface area contributed by atoms with Crippen LogP contribution < -0.4 is 10.6 Å². The van der Waals surface area contributed by atoms with E-state index in [1.165, 1.54) is 0 Å². The van der Waals surface area contributed by atoms with Crippen molar-refractivity contribution in [2.75, 3.05) is 0 Å². The number of nitrogens with one attached hydrogen (secondary N) is 2. The van der Waals surface area contributed by atoms with E-state index in [0.29, 0.717) is 19.3 Å². The van der Waals surface area contributed by atoms with Crippen LogP contribution in [-0.2, 0) is 14.4 Å². The molecule has 1 amide bonds. The molecule has 2 N–H and O–H groups in total. The second kappa shape index (κ2) is 6.34. The minimum atomic E-state index is -0.500. The first kappa shape index (κ1) is 18.1. The van der Waals surface area contributed by atoms with Gasteiger partial charge in [0.25, 0.3) is 0 Å². The van der Waals surface area contributed by atoms with Gasteiger partial charge < -0.3 is 10.6 Å². The van der Waals surface area contributed by atoms with Gasteiger partial charge in [-0.1, -0.05) is 34.6 Å². The maximum Gasteiger partial charge on any atom is 0.220 e. The quantitative estimate of drug-likeness (QED) is 0.811. The zero-order valence-corrected chi connectivity index (χ0v) is 15.0. The van der Waals surface area contributed by atoms with E-state index >= 15 is 0 Å². The van der Waals surface area contributed by atoms with Crippen molar-refractivity contribution in [3.05, 3.63) is 0 Å². The number of ketones is 2. The molecule has 0 aromatic rings. The lowest BCUT2D eigenvalue weighted by atomic mass is 9.78. The Morgan fingerprint density at radius 2 is 1.65 bits per heavy atom. The third kappa shape index (κ3) is 4.19. The maximum absolute atomic E-state index is 12.7. The van der Waals surface area contributed by atoms with Gasteiger partial charge in [-0.3, -0.25) is 14.4 Å². The highest BCUT2D eigenvalue weighted by molar-refractivity contribution is 5.95. The molecular weight excluding hydrogens is 292 g/mol. The van der Waals surface area contributed by atoms with Crippen LogP contribution in [0.25, 0.3) is 0 Å². The molecule has 0 bridgehead atoms. The predicted octanol–water partition coefficient (Wildman–Crippen LogP) is 1.99. The highest BCUT2D eigenvalue weighted by Gasteiger charge is 2.41. The molecule has 1 unspecified atom stereocenters. The molecule has 2 rings (SSSR count). The highest BCUT2D eigenvalue weighted by atomic mass is 16.2. The normalized spacial score (nSPS) is 28.7. The van der Waals surface area contributed by atoms with E-state index in [4.69, 9.17) is 0 Å². The van der Waals surface area contributed by atoms with E-state index < -0.39 is 5.41 Å². The molecular formula is C18H30N2O3. The molecule has 2 aliphatic heterocycles. The second-order valence-corrected chi connectivity index (χ2v) is 8.72. The van der Waals surface area contributed by atoms with Gasteiger partial charge in [0.1, 0.15) is 0 Å². The Morgan fingerprint density at radius 3 is 2.17 bits per heavy atom. The van der Waals surface area contributed by atoms with Crippen molar-refractivity contribution in [2.24, 2.45) is 10.8 Å². The first-order valence-electron chi connectivity index (χ1n) is 8.65. The molecule has 2 saturated heterocycles. The van der Waals surface area contributed by atoms with Gasteiger partial charge in [-0.15, -0.1) is 0 Å². The van der Waals surface area contributed by atoms with Crippen molar-refractivity contribution in [3.63, 3.8) is 0 Å². The van der Waals surface area contributed by atoms with Gasteiger partial charge in [0.15, 0.2) is 11.6 Å². The van der Waals surface area contributed by atoms with Crippen LogP contribution in [0.1, 0.15) is 66.7 Å². The van der Waals surface area contributed by atoms with Gasteiger partial charge in [-0.05, 0) is 25.7 Å². The van der Waals surface area contributed by atoms with Gasteiger partial charge in [-0.2, -0.15) is 0 Å². The number of hydrogen-bond donors (Lipinski definition) is 2. The van der Waals surface area contributed by atoms with E-state index in [2.05, 4.69) is 10.6 Å². The van der Waals surface area contributed by atoms with Crippen LogP contribution in [0.3, 0.4) is 0 Å². The smallest absolute Gasteiger partial charge is 0.220 e. The lowest BCUT2D eigenvalue weighted by Gasteiger charge is -2.30. The second-order valence-electron chi connectivity index (χ2n) is 8.72. The Morgan fingerprint density at radius 1 is 1.00 bits per heavy atom. The van der Waals surface area contributed by atoms with Gasteiger partial charge in [0.05, 0.1) is 12.1 Å². The molecule has 2 aliphatic rings. The fourth-order valence-corrected chi connectivity index (χ4v) is 3.71. The molecule has 2 fully saturated rings. The molecule has 3 atom stereocenters. The molecule has 0 aromatic heterocycles. The van der Waals surface area contributed by atoms with Gasteiger partial charge in [0.2, 0.25) is 5.91 Å². The fraction of sp³-hybridized carbons (Fsp3) is 0.833. The zero-order valence-electron chi connectivity index (χ0n) is 15.0. The zero-order chi connectivity index (χ0) is 17.4. The van der Waals surface area contributed by atoms with E-state index in [-0.39, 0.29) is 41.0 Å². The lowest BCUT2D eigenvalue weighted by molar-refractivity contribution is -0.131. The van der Waals surface area contributed by atoms with Crippen LogP contribution in [-0.4, -0.2) is 35.6 Å². The molecule has 5 heteroatoms. The minimum Gasteiger partial charge on any atom is -0.346 e. The lowest BCUT2D eigenvalue weighted by Crippen LogP contribution is -2.46. The van der Waals surface area contributed by atoms with Crippen molar-refractivity contribution in [2.45, 2.75) is 84.8 Å². The summed E-state index contributed by atoms with van der Waals surface area (Å²) in [6, 6.07) is -0.259. The summed E-state index contributed by atoms with van der Waals surface area (Å²) in [4.78, 5) is 36.4. The Labute approximate surface area is 139 Å². The largest absolute Gasteiger partial charge is 0.346 e. The summed E-state index contributed by atoms with van der Waals surface area (Å²) in [6.45, 7) is 9.72. The number of carbonyl (C=O) groups is 3. The molecule has 0 radical (unpaired) electrons. The van der Waals surface area contributed by atoms with Crippen molar-refractivity contribution < 1.29 is 14.4 Å². The molecule has 5 nitrogen and oxygen atoms in total. The molecule has 0 aromatic carbocycles. The Hall–Kier alpha value is -1.23. The first-order chi connectivity index (χ1) is 10.5. The Kier molecular flexibility index (Phi) is 5.00. The van der Waals surface area contributed by atoms with Crippen LogP contribution in [0.4, 0.5) is 0 Å². The molecule has 0 saturated carbocycles. The number of amides is 1. The third-order valence-corrected chi connectivity index (χ3v) is 5.03. The van der Waals surface area contributed by atoms with Gasteiger partial charge >= 0.3 is 0 Å². The van der Waals surface area contributed by atoms with Crippen LogP contribution in [0.5, 0.6) is 0 Å². The highest BCUT2D eigenvalue weighted by Crippen LogP contribution is 2.32. The van der Waals surface area contributed by atoms with Gasteiger partial charge in [0, 0.05) is 23.3 Å². The summed E-state index contributed by atoms with van der Waals surface area (Å²) in [5, 5.41) is 6.19. The molecule has 2 heterocycles. The van der Waals surface area contributed by atoms with Crippen LogP contribution in [0.15, 0.2) is 0 Å². The Bertz CT molecular complexity index is 505. The third-order valence-electron chi connectivity index (χ3n) is 5.03. The summed E-state index contributed by atoms with van der Waals surface area (Å²) in [6.07, 6.45) is 3.50. The predicted molar refractivity (Wildman–Crippen MR) is 89.0 cm³/mol. The number of hydrogen-bond acceptors (Lipinski definition) is 4. The molecule has 0 aliphatic carbocycles. The summed E-state index contributed by atoms with van der Waals surface area (Å²) in [7, 11) is 0. The summed E-state index contributed by atoms with van der Waals surface area (Å²) >= 11 is 0. The van der Waals surface area contributed by atoms with E-state index in [1.54, 1.807) is 0 Å². The summed E-state index contributed by atoms with van der Waals surface area (Å²) in [5.41, 5.74) is -0.842. The number of Topliss-reactive ketones (excluding diaryl/α,β-unsaturated/α-hetero) is 2. The number of rotatable bonds is 5. The average molecular weight is 322 g/mol. The van der Waals surface area contributed by atoms with Crippen molar-refractivity contribution >= 4 is 17.5 Å². The first-order valence-corrected chi connectivity index (χ1v) is 8.65. The SMILES string of the molecule is CC(C)(C)C(=O)[C@@H]1CCC(CC(C)(C)C(=O)[C@@H]2CCC(=O)N2)N1. The van der Waals surface area contributed by atoms with Crippen molar-refractivity contribution in [1.29, 1.82) is 0 Å². The van der Waals surface area contributed by atoms with E-state index in [1.807, 2.05) is 34.6 Å². The maximum atomic E-state index is 12.7. The summed E-state index contributed by atoms with van der Waals surface area (Å²) < 4.78 is 0. The van der Waals surface area contributed by atoms with Gasteiger partial charge in [-0.25, -0.2) is 0 Å². The van der Waals surface area contributed by atoms with E-state index in [0.717, 1.165) is 12.8 Å². The van der Waals surface area contributed by atoms with Crippen molar-refractivity contribution in [3.8, 4) is 0 Å². The molecule has 23 heavy (non-hydrogen) atoms. The summed E-state index contributed by atoms with van der Waals surface area (Å²) in [5.74, 6) is 0.317. The minimum absolute atomic E-state index is 0.0334. The van der Waals surface area contributed by atoms with Crippen LogP contribution in [0.2, 0.25) is 0 Å². The van der Waals surface area contributed by atoms with Crippen LogP contribution >= 0.6 is 0 Å². The van der Waals surface area contributed by atoms with E-state index in [9.17, 15) is 14.4 Å². The van der Waals surface area contributed by atoms with Crippen LogP contribution in [0, 0.1) is 10.8 Å².